The smallest absolute Gasteiger partial charge is 0.162 e. The lowest BCUT2D eigenvalue weighted by Gasteiger charge is -2.36. The van der Waals surface area contributed by atoms with E-state index in [0.29, 0.717) is 5.92 Å². The number of hydrogen-bond acceptors (Lipinski definition) is 2. The molecule has 0 aromatic carbocycles. The molecule has 1 unspecified atom stereocenters. The summed E-state index contributed by atoms with van der Waals surface area (Å²) in [5.41, 5.74) is -0.0339. The van der Waals surface area contributed by atoms with Crippen LogP contribution >= 0.6 is 11.6 Å². The van der Waals surface area contributed by atoms with Gasteiger partial charge in [-0.15, -0.1) is 0 Å². The summed E-state index contributed by atoms with van der Waals surface area (Å²) in [4.78, 5) is 0. The van der Waals surface area contributed by atoms with Crippen LogP contribution in [-0.2, 0) is 9.47 Å². The topological polar surface area (TPSA) is 18.5 Å². The molecule has 0 saturated heterocycles. The first-order valence-electron chi connectivity index (χ1n) is 5.73. The molecule has 0 saturated carbocycles. The molecule has 0 aromatic heterocycles. The molecule has 0 bridgehead atoms. The van der Waals surface area contributed by atoms with Crippen LogP contribution in [0.5, 0.6) is 0 Å². The molecule has 1 atom stereocenters. The van der Waals surface area contributed by atoms with Gasteiger partial charge in [-0.1, -0.05) is 38.4 Å². The largest absolute Gasteiger partial charge is 0.355 e. The summed E-state index contributed by atoms with van der Waals surface area (Å²) in [7, 11) is 3.37. The summed E-state index contributed by atoms with van der Waals surface area (Å²) in [6.07, 6.45) is 3.75. The van der Waals surface area contributed by atoms with Crippen LogP contribution in [0.1, 0.15) is 40.5 Å². The van der Waals surface area contributed by atoms with E-state index in [1.807, 2.05) is 13.0 Å². The zero-order valence-corrected chi connectivity index (χ0v) is 12.1. The van der Waals surface area contributed by atoms with Gasteiger partial charge in [0.05, 0.1) is 0 Å². The number of halogens is 1. The molecule has 0 spiro atoms. The molecule has 0 aliphatic heterocycles. The van der Waals surface area contributed by atoms with Crippen molar-refractivity contribution >= 4 is 11.6 Å². The van der Waals surface area contributed by atoms with Gasteiger partial charge in [-0.25, -0.2) is 0 Å². The van der Waals surface area contributed by atoms with Gasteiger partial charge >= 0.3 is 0 Å². The molecule has 0 fully saturated rings. The quantitative estimate of drug-likeness (QED) is 0.629. The van der Waals surface area contributed by atoms with Crippen molar-refractivity contribution in [3.05, 3.63) is 11.1 Å². The highest BCUT2D eigenvalue weighted by Crippen LogP contribution is 2.36. The first-order valence-corrected chi connectivity index (χ1v) is 6.11. The first-order chi connectivity index (χ1) is 7.35. The van der Waals surface area contributed by atoms with Crippen molar-refractivity contribution in [1.82, 2.24) is 0 Å². The Morgan fingerprint density at radius 3 is 2.12 bits per heavy atom. The molecule has 96 valence electrons. The molecule has 0 aliphatic carbocycles. The van der Waals surface area contributed by atoms with Crippen molar-refractivity contribution in [2.75, 3.05) is 14.2 Å². The highest BCUT2D eigenvalue weighted by atomic mass is 35.5. The fraction of sp³-hybridized carbons (Fsp3) is 0.846. The first kappa shape index (κ1) is 16.0. The van der Waals surface area contributed by atoms with Crippen molar-refractivity contribution in [2.45, 2.75) is 46.8 Å². The van der Waals surface area contributed by atoms with Crippen LogP contribution in [0.3, 0.4) is 0 Å². The van der Waals surface area contributed by atoms with Crippen molar-refractivity contribution in [3.8, 4) is 0 Å². The Bertz CT molecular complexity index is 218. The van der Waals surface area contributed by atoms with Gasteiger partial charge in [-0.05, 0) is 25.7 Å². The van der Waals surface area contributed by atoms with Crippen LogP contribution in [0.15, 0.2) is 11.1 Å². The van der Waals surface area contributed by atoms with Crippen LogP contribution in [-0.4, -0.2) is 20.5 Å². The summed E-state index contributed by atoms with van der Waals surface area (Å²) in [5.74, 6) is 0.599. The summed E-state index contributed by atoms with van der Waals surface area (Å²) >= 11 is 5.89. The SMILES string of the molecule is COC(OC)C(C)(CC=C(C)Cl)CC(C)C. The molecule has 0 radical (unpaired) electrons. The highest BCUT2D eigenvalue weighted by molar-refractivity contribution is 6.29. The van der Waals surface area contributed by atoms with Crippen molar-refractivity contribution in [1.29, 1.82) is 0 Å². The third-order valence-electron chi connectivity index (χ3n) is 2.72. The van der Waals surface area contributed by atoms with Crippen LogP contribution < -0.4 is 0 Å². The lowest BCUT2D eigenvalue weighted by Crippen LogP contribution is -2.36. The minimum absolute atomic E-state index is 0.0339. The summed E-state index contributed by atoms with van der Waals surface area (Å²) in [5, 5.41) is 0.820. The predicted molar refractivity (Wildman–Crippen MR) is 69.6 cm³/mol. The molecular weight excluding hydrogens is 224 g/mol. The maximum absolute atomic E-state index is 5.89. The van der Waals surface area contributed by atoms with Gasteiger partial charge in [-0.2, -0.15) is 0 Å². The van der Waals surface area contributed by atoms with Gasteiger partial charge in [0.1, 0.15) is 0 Å². The molecule has 0 aromatic rings. The molecule has 0 heterocycles. The molecule has 2 nitrogen and oxygen atoms in total. The second-order valence-electron chi connectivity index (χ2n) is 5.05. The van der Waals surface area contributed by atoms with E-state index in [1.165, 1.54) is 0 Å². The average Bonchev–Trinajstić information content (AvgIpc) is 2.15. The second-order valence-corrected chi connectivity index (χ2v) is 5.65. The normalized spacial score (nSPS) is 16.9. The minimum Gasteiger partial charge on any atom is -0.355 e. The third kappa shape index (κ3) is 5.33. The van der Waals surface area contributed by atoms with E-state index in [4.69, 9.17) is 21.1 Å². The van der Waals surface area contributed by atoms with Crippen molar-refractivity contribution in [3.63, 3.8) is 0 Å². The van der Waals surface area contributed by atoms with Gasteiger partial charge in [0.25, 0.3) is 0 Å². The lowest BCUT2D eigenvalue weighted by atomic mass is 9.78. The average molecular weight is 249 g/mol. The van der Waals surface area contributed by atoms with Crippen molar-refractivity contribution < 1.29 is 9.47 Å². The van der Waals surface area contributed by atoms with Crippen LogP contribution in [0.2, 0.25) is 0 Å². The second kappa shape index (κ2) is 7.31. The fourth-order valence-electron chi connectivity index (χ4n) is 2.25. The summed E-state index contributed by atoms with van der Waals surface area (Å²) in [6.45, 7) is 8.49. The van der Waals surface area contributed by atoms with E-state index in [1.54, 1.807) is 14.2 Å². The molecule has 0 rings (SSSR count). The number of rotatable bonds is 7. The van der Waals surface area contributed by atoms with E-state index in [2.05, 4.69) is 20.8 Å². The highest BCUT2D eigenvalue weighted by Gasteiger charge is 2.34. The lowest BCUT2D eigenvalue weighted by molar-refractivity contribution is -0.177. The molecule has 3 heteroatoms. The number of hydrogen-bond donors (Lipinski definition) is 0. The third-order valence-corrected chi connectivity index (χ3v) is 2.88. The van der Waals surface area contributed by atoms with Crippen LogP contribution in [0, 0.1) is 11.3 Å². The standard InChI is InChI=1S/C13H25ClO2/c1-10(2)9-13(4,8-7-11(3)14)12(15-5)16-6/h7,10,12H,8-9H2,1-6H3. The van der Waals surface area contributed by atoms with Gasteiger partial charge in [0.2, 0.25) is 0 Å². The van der Waals surface area contributed by atoms with Gasteiger partial charge in [0, 0.05) is 24.7 Å². The monoisotopic (exact) mass is 248 g/mol. The Balaban J connectivity index is 4.78. The Hall–Kier alpha value is -0.0500. The van der Waals surface area contributed by atoms with E-state index in [0.717, 1.165) is 17.9 Å². The summed E-state index contributed by atoms with van der Waals surface area (Å²) < 4.78 is 10.8. The molecule has 0 aliphatic rings. The van der Waals surface area contributed by atoms with Crippen molar-refractivity contribution in [2.24, 2.45) is 11.3 Å². The predicted octanol–water partition coefficient (Wildman–Crippen LogP) is 4.19. The fourth-order valence-corrected chi connectivity index (χ4v) is 2.32. The van der Waals surface area contributed by atoms with Gasteiger partial charge in [0.15, 0.2) is 6.29 Å². The van der Waals surface area contributed by atoms with Crippen LogP contribution in [0.4, 0.5) is 0 Å². The maximum atomic E-state index is 5.89. The van der Waals surface area contributed by atoms with Crippen LogP contribution in [0.25, 0.3) is 0 Å². The van der Waals surface area contributed by atoms with E-state index >= 15 is 0 Å². The Kier molecular flexibility index (Phi) is 7.29. The zero-order valence-electron chi connectivity index (χ0n) is 11.3. The van der Waals surface area contributed by atoms with E-state index in [9.17, 15) is 0 Å². The number of methoxy groups -OCH3 is 2. The van der Waals surface area contributed by atoms with Gasteiger partial charge < -0.3 is 9.47 Å². The van der Waals surface area contributed by atoms with E-state index in [-0.39, 0.29) is 11.7 Å². The number of allylic oxidation sites excluding steroid dienone is 2. The van der Waals surface area contributed by atoms with E-state index < -0.39 is 0 Å². The number of ether oxygens (including phenoxy) is 2. The maximum Gasteiger partial charge on any atom is 0.162 e. The summed E-state index contributed by atoms with van der Waals surface area (Å²) in [6, 6.07) is 0. The molecule has 16 heavy (non-hydrogen) atoms. The minimum atomic E-state index is -0.192. The molecule has 0 N–H and O–H groups in total. The Morgan fingerprint density at radius 2 is 1.81 bits per heavy atom. The molecule has 0 amide bonds. The Labute approximate surface area is 105 Å². The Morgan fingerprint density at radius 1 is 1.31 bits per heavy atom. The van der Waals surface area contributed by atoms with Gasteiger partial charge in [-0.3, -0.25) is 0 Å². The zero-order chi connectivity index (χ0) is 12.8. The molecular formula is C13H25ClO2.